The minimum Gasteiger partial charge on any atom is -0.381 e. The van der Waals surface area contributed by atoms with Crippen LogP contribution in [0, 0.1) is 11.2 Å². The van der Waals surface area contributed by atoms with Gasteiger partial charge in [0.25, 0.3) is 0 Å². The number of hydrogen-bond donors (Lipinski definition) is 1. The molecule has 1 saturated carbocycles. The van der Waals surface area contributed by atoms with Crippen molar-refractivity contribution in [1.82, 2.24) is 5.32 Å². The van der Waals surface area contributed by atoms with Crippen LogP contribution in [-0.2, 0) is 11.2 Å². The molecule has 0 radical (unpaired) electrons. The first kappa shape index (κ1) is 14.5. The quantitative estimate of drug-likeness (QED) is 0.881. The summed E-state index contributed by atoms with van der Waals surface area (Å²) in [5, 5.41) is 3.63. The van der Waals surface area contributed by atoms with E-state index in [1.807, 2.05) is 6.07 Å². The van der Waals surface area contributed by atoms with Crippen molar-refractivity contribution in [3.63, 3.8) is 0 Å². The minimum absolute atomic E-state index is 0.108. The Kier molecular flexibility index (Phi) is 4.43. The molecule has 0 amide bonds. The first-order valence-corrected chi connectivity index (χ1v) is 8.22. The third-order valence-corrected chi connectivity index (χ3v) is 5.23. The van der Waals surface area contributed by atoms with Crippen LogP contribution >= 0.6 is 15.9 Å². The summed E-state index contributed by atoms with van der Waals surface area (Å²) in [4.78, 5) is 0. The third-order valence-electron chi connectivity index (χ3n) is 4.34. The summed E-state index contributed by atoms with van der Waals surface area (Å²) in [6, 6.07) is 6.01. The van der Waals surface area contributed by atoms with Crippen molar-refractivity contribution < 1.29 is 9.13 Å². The standard InChI is InChI=1S/C16H21BrFNO/c17-15-12(3-1-4-14(15)18)9-16(7-2-8-20-11-16)10-19-13-5-6-13/h1,3-4,13,19H,2,5-11H2. The lowest BCUT2D eigenvalue weighted by molar-refractivity contribution is -0.00746. The zero-order chi connectivity index (χ0) is 14.0. The van der Waals surface area contributed by atoms with Crippen LogP contribution in [0.4, 0.5) is 4.39 Å². The van der Waals surface area contributed by atoms with E-state index in [0.29, 0.717) is 10.5 Å². The Morgan fingerprint density at radius 2 is 2.25 bits per heavy atom. The molecule has 20 heavy (non-hydrogen) atoms. The third kappa shape index (κ3) is 3.41. The first-order valence-electron chi connectivity index (χ1n) is 7.43. The Morgan fingerprint density at radius 3 is 2.95 bits per heavy atom. The molecule has 1 N–H and O–H groups in total. The first-order chi connectivity index (χ1) is 9.69. The predicted molar refractivity (Wildman–Crippen MR) is 81.3 cm³/mol. The molecule has 1 saturated heterocycles. The zero-order valence-corrected chi connectivity index (χ0v) is 13.2. The van der Waals surface area contributed by atoms with Gasteiger partial charge in [0.05, 0.1) is 11.1 Å². The van der Waals surface area contributed by atoms with E-state index < -0.39 is 0 Å². The molecule has 0 aromatic heterocycles. The molecule has 1 aromatic carbocycles. The molecule has 1 aromatic rings. The van der Waals surface area contributed by atoms with Crippen LogP contribution in [0.1, 0.15) is 31.2 Å². The summed E-state index contributed by atoms with van der Waals surface area (Å²) in [7, 11) is 0. The number of rotatable bonds is 5. The summed E-state index contributed by atoms with van der Waals surface area (Å²) in [6.45, 7) is 2.60. The Morgan fingerprint density at radius 1 is 1.40 bits per heavy atom. The fourth-order valence-electron chi connectivity index (χ4n) is 2.99. The van der Waals surface area contributed by atoms with Gasteiger partial charge < -0.3 is 10.1 Å². The van der Waals surface area contributed by atoms with Crippen molar-refractivity contribution in [2.24, 2.45) is 5.41 Å². The molecule has 1 heterocycles. The van der Waals surface area contributed by atoms with E-state index in [-0.39, 0.29) is 11.2 Å². The normalized spacial score (nSPS) is 26.7. The summed E-state index contributed by atoms with van der Waals surface area (Å²) < 4.78 is 20.0. The van der Waals surface area contributed by atoms with Crippen molar-refractivity contribution in [1.29, 1.82) is 0 Å². The van der Waals surface area contributed by atoms with Gasteiger partial charge in [0.1, 0.15) is 5.82 Å². The van der Waals surface area contributed by atoms with Crippen LogP contribution in [-0.4, -0.2) is 25.8 Å². The SMILES string of the molecule is Fc1cccc(CC2(CNC3CC3)CCCOC2)c1Br. The molecule has 0 bridgehead atoms. The van der Waals surface area contributed by atoms with Crippen LogP contribution in [0.25, 0.3) is 0 Å². The molecule has 3 rings (SSSR count). The maximum absolute atomic E-state index is 13.7. The molecule has 1 aliphatic carbocycles. The zero-order valence-electron chi connectivity index (χ0n) is 11.6. The Balaban J connectivity index is 1.75. The fraction of sp³-hybridized carbons (Fsp3) is 0.625. The van der Waals surface area contributed by atoms with Crippen molar-refractivity contribution in [2.75, 3.05) is 19.8 Å². The second-order valence-corrected chi connectivity index (χ2v) is 6.99. The van der Waals surface area contributed by atoms with Crippen molar-refractivity contribution in [3.05, 3.63) is 34.1 Å². The van der Waals surface area contributed by atoms with Gasteiger partial charge in [0.15, 0.2) is 0 Å². The summed E-state index contributed by atoms with van der Waals surface area (Å²) >= 11 is 3.39. The van der Waals surface area contributed by atoms with Crippen LogP contribution in [0.5, 0.6) is 0 Å². The Labute approximate surface area is 128 Å². The minimum atomic E-state index is -0.176. The molecular weight excluding hydrogens is 321 g/mol. The average Bonchev–Trinajstić information content (AvgIpc) is 3.27. The number of hydrogen-bond acceptors (Lipinski definition) is 2. The predicted octanol–water partition coefficient (Wildman–Crippen LogP) is 3.68. The fourth-order valence-corrected chi connectivity index (χ4v) is 3.39. The number of benzene rings is 1. The van der Waals surface area contributed by atoms with Gasteiger partial charge in [0, 0.05) is 24.6 Å². The molecule has 4 heteroatoms. The lowest BCUT2D eigenvalue weighted by atomic mass is 9.77. The van der Waals surface area contributed by atoms with Gasteiger partial charge in [-0.1, -0.05) is 12.1 Å². The number of nitrogens with one attached hydrogen (secondary N) is 1. The van der Waals surface area contributed by atoms with Gasteiger partial charge in [-0.3, -0.25) is 0 Å². The summed E-state index contributed by atoms with van der Waals surface area (Å²) in [5.41, 5.74) is 1.16. The molecule has 1 aliphatic heterocycles. The highest BCUT2D eigenvalue weighted by molar-refractivity contribution is 9.10. The average molecular weight is 342 g/mol. The van der Waals surface area contributed by atoms with Gasteiger partial charge in [-0.25, -0.2) is 4.39 Å². The van der Waals surface area contributed by atoms with E-state index in [1.165, 1.54) is 18.9 Å². The van der Waals surface area contributed by atoms with Crippen LogP contribution < -0.4 is 5.32 Å². The molecule has 2 fully saturated rings. The maximum Gasteiger partial charge on any atom is 0.137 e. The van der Waals surface area contributed by atoms with Gasteiger partial charge in [-0.15, -0.1) is 0 Å². The van der Waals surface area contributed by atoms with E-state index in [0.717, 1.165) is 44.6 Å². The Bertz CT molecular complexity index is 470. The van der Waals surface area contributed by atoms with E-state index in [1.54, 1.807) is 6.07 Å². The van der Waals surface area contributed by atoms with E-state index in [4.69, 9.17) is 4.74 Å². The highest BCUT2D eigenvalue weighted by Gasteiger charge is 2.35. The largest absolute Gasteiger partial charge is 0.381 e. The second kappa shape index (κ2) is 6.12. The molecule has 110 valence electrons. The van der Waals surface area contributed by atoms with Crippen molar-refractivity contribution in [3.8, 4) is 0 Å². The second-order valence-electron chi connectivity index (χ2n) is 6.20. The van der Waals surface area contributed by atoms with Gasteiger partial charge in [-0.05, 0) is 59.7 Å². The molecule has 2 nitrogen and oxygen atoms in total. The van der Waals surface area contributed by atoms with Crippen molar-refractivity contribution >= 4 is 15.9 Å². The summed E-state index contributed by atoms with van der Waals surface area (Å²) in [6.07, 6.45) is 5.70. The number of halogens is 2. The highest BCUT2D eigenvalue weighted by atomic mass is 79.9. The lowest BCUT2D eigenvalue weighted by Crippen LogP contribution is -2.43. The van der Waals surface area contributed by atoms with E-state index in [9.17, 15) is 4.39 Å². The number of ether oxygens (including phenoxy) is 1. The monoisotopic (exact) mass is 341 g/mol. The molecule has 1 atom stereocenters. The smallest absolute Gasteiger partial charge is 0.137 e. The van der Waals surface area contributed by atoms with Gasteiger partial charge in [0.2, 0.25) is 0 Å². The molecule has 0 spiro atoms. The lowest BCUT2D eigenvalue weighted by Gasteiger charge is -2.38. The van der Waals surface area contributed by atoms with Gasteiger partial charge in [-0.2, -0.15) is 0 Å². The van der Waals surface area contributed by atoms with Crippen LogP contribution in [0.3, 0.4) is 0 Å². The maximum atomic E-state index is 13.7. The van der Waals surface area contributed by atoms with Crippen molar-refractivity contribution in [2.45, 2.75) is 38.1 Å². The molecular formula is C16H21BrFNO. The molecule has 2 aliphatic rings. The van der Waals surface area contributed by atoms with E-state index >= 15 is 0 Å². The summed E-state index contributed by atoms with van der Waals surface area (Å²) in [5.74, 6) is -0.176. The Hall–Kier alpha value is -0.450. The highest BCUT2D eigenvalue weighted by Crippen LogP contribution is 2.35. The van der Waals surface area contributed by atoms with Crippen LogP contribution in [0.2, 0.25) is 0 Å². The van der Waals surface area contributed by atoms with Gasteiger partial charge >= 0.3 is 0 Å². The molecule has 1 unspecified atom stereocenters. The van der Waals surface area contributed by atoms with Crippen LogP contribution in [0.15, 0.2) is 22.7 Å². The van der Waals surface area contributed by atoms with E-state index in [2.05, 4.69) is 21.2 Å². The topological polar surface area (TPSA) is 21.3 Å².